The van der Waals surface area contributed by atoms with Crippen LogP contribution in [-0.2, 0) is 27.7 Å². The third-order valence-electron chi connectivity index (χ3n) is 6.07. The van der Waals surface area contributed by atoms with Gasteiger partial charge in [-0.2, -0.15) is 0 Å². The minimum absolute atomic E-state index is 0.0238. The Morgan fingerprint density at radius 2 is 1.70 bits per heavy atom. The smallest absolute Gasteiger partial charge is 0.371 e. The quantitative estimate of drug-likeness (QED) is 0.135. The van der Waals surface area contributed by atoms with Gasteiger partial charge in [0.2, 0.25) is 12.1 Å². The number of aromatic carboxylic acids is 1. The molecule has 2 aromatic heterocycles. The zero-order valence-electron chi connectivity index (χ0n) is 23.4. The van der Waals surface area contributed by atoms with E-state index in [-0.39, 0.29) is 27.6 Å². The van der Waals surface area contributed by atoms with Crippen LogP contribution in [0.5, 0.6) is 0 Å². The molecule has 0 saturated heterocycles. The van der Waals surface area contributed by atoms with E-state index in [0.717, 1.165) is 12.1 Å². The molecular formula is C28H37N3O9. The number of aryl methyl sites for hydroxylation is 2. The monoisotopic (exact) mass is 559 g/mol. The first-order chi connectivity index (χ1) is 19.0. The highest BCUT2D eigenvalue weighted by Gasteiger charge is 2.24. The number of nitrogens with two attached hydrogens (primary N) is 2. The Hall–Kier alpha value is -4.03. The van der Waals surface area contributed by atoms with Gasteiger partial charge in [0.15, 0.2) is 10.9 Å². The van der Waals surface area contributed by atoms with Crippen molar-refractivity contribution < 1.29 is 33.4 Å². The minimum atomic E-state index is -1.42. The minimum Gasteiger partial charge on any atom is -0.475 e. The van der Waals surface area contributed by atoms with E-state index >= 15 is 0 Å². The fraction of sp³-hybridized carbons (Fsp3) is 0.464. The third-order valence-corrected chi connectivity index (χ3v) is 6.07. The first-order valence-corrected chi connectivity index (χ1v) is 13.2. The number of esters is 2. The SMILES string of the molecule is CC.CCCc1c2oc(C(=O)O)cc(=O)c2cc2c(=O)cc(C(=O)OC(C)OC(=O)[C@@H](N)CCCCN)n(C)c12. The second-order valence-electron chi connectivity index (χ2n) is 8.91. The lowest BCUT2D eigenvalue weighted by Gasteiger charge is -2.19. The van der Waals surface area contributed by atoms with E-state index in [1.807, 2.05) is 20.8 Å². The van der Waals surface area contributed by atoms with Gasteiger partial charge in [-0.3, -0.25) is 14.4 Å². The summed E-state index contributed by atoms with van der Waals surface area (Å²) >= 11 is 0. The molecule has 0 aliphatic carbocycles. The summed E-state index contributed by atoms with van der Waals surface area (Å²) in [7, 11) is 1.52. The number of carboxylic acid groups (broad SMARTS) is 1. The molecular weight excluding hydrogens is 522 g/mol. The first-order valence-electron chi connectivity index (χ1n) is 13.2. The van der Waals surface area contributed by atoms with Gasteiger partial charge in [-0.05, 0) is 31.9 Å². The normalized spacial score (nSPS) is 12.4. The summed E-state index contributed by atoms with van der Waals surface area (Å²) in [4.78, 5) is 62.4. The number of nitrogens with zero attached hydrogens (tertiary/aromatic N) is 1. The standard InChI is InChI=1S/C26H31N3O9.C2H6/c1-4-7-14-22-15(10-16-20(31)12-21(24(32)33)38-23(14)16)19(30)11-18(29(22)3)26(35)37-13(2)36-25(34)17(28)8-5-6-9-27;1-2/h10-13,17H,4-9,27-28H2,1-3H3,(H,32,33);1-2H3/t13?,17-;/m0./s1. The zero-order valence-corrected chi connectivity index (χ0v) is 23.4. The number of pyridine rings is 1. The van der Waals surface area contributed by atoms with Crippen molar-refractivity contribution in [2.75, 3.05) is 6.54 Å². The van der Waals surface area contributed by atoms with Crippen molar-refractivity contribution in [1.82, 2.24) is 4.57 Å². The molecule has 218 valence electrons. The molecule has 5 N–H and O–H groups in total. The number of carbonyl (C=O) groups is 3. The molecule has 1 unspecified atom stereocenters. The molecule has 0 aliphatic rings. The summed E-state index contributed by atoms with van der Waals surface area (Å²) in [5.41, 5.74) is 10.7. The van der Waals surface area contributed by atoms with Gasteiger partial charge in [-0.25, -0.2) is 9.59 Å². The Kier molecular flexibility index (Phi) is 11.6. The van der Waals surface area contributed by atoms with Crippen molar-refractivity contribution in [3.63, 3.8) is 0 Å². The van der Waals surface area contributed by atoms with Gasteiger partial charge in [0, 0.05) is 37.1 Å². The number of unbranched alkanes of at least 4 members (excludes halogenated alkanes) is 1. The Balaban J connectivity index is 0.00000274. The van der Waals surface area contributed by atoms with E-state index in [0.29, 0.717) is 44.2 Å². The number of carbonyl (C=O) groups excluding carboxylic acids is 2. The lowest BCUT2D eigenvalue weighted by atomic mass is 10.00. The molecule has 1 aromatic carbocycles. The maximum atomic E-state index is 13.1. The van der Waals surface area contributed by atoms with Gasteiger partial charge in [0.25, 0.3) is 0 Å². The number of hydrogen-bond donors (Lipinski definition) is 3. The van der Waals surface area contributed by atoms with Crippen LogP contribution in [0.2, 0.25) is 0 Å². The van der Waals surface area contributed by atoms with Crippen LogP contribution in [0.4, 0.5) is 0 Å². The molecule has 2 atom stereocenters. The van der Waals surface area contributed by atoms with E-state index in [1.54, 1.807) is 0 Å². The number of carboxylic acids is 1. The lowest BCUT2D eigenvalue weighted by molar-refractivity contribution is -0.167. The van der Waals surface area contributed by atoms with Crippen LogP contribution in [0, 0.1) is 0 Å². The topological polar surface area (TPSA) is 194 Å². The van der Waals surface area contributed by atoms with E-state index < -0.39 is 46.9 Å². The average Bonchev–Trinajstić information content (AvgIpc) is 2.91. The number of rotatable bonds is 11. The van der Waals surface area contributed by atoms with Crippen molar-refractivity contribution >= 4 is 39.8 Å². The maximum absolute atomic E-state index is 13.1. The second-order valence-corrected chi connectivity index (χ2v) is 8.91. The Morgan fingerprint density at radius 1 is 1.05 bits per heavy atom. The molecule has 12 heteroatoms. The van der Waals surface area contributed by atoms with Crippen LogP contribution in [0.3, 0.4) is 0 Å². The fourth-order valence-corrected chi connectivity index (χ4v) is 4.23. The summed E-state index contributed by atoms with van der Waals surface area (Å²) < 4.78 is 17.3. The van der Waals surface area contributed by atoms with Crippen LogP contribution < -0.4 is 22.3 Å². The first kappa shape index (κ1) is 32.2. The van der Waals surface area contributed by atoms with E-state index in [9.17, 15) is 29.1 Å². The largest absolute Gasteiger partial charge is 0.475 e. The van der Waals surface area contributed by atoms with Crippen LogP contribution in [-0.4, -0.2) is 46.5 Å². The molecule has 0 amide bonds. The van der Waals surface area contributed by atoms with Crippen LogP contribution in [0.25, 0.3) is 21.9 Å². The van der Waals surface area contributed by atoms with Gasteiger partial charge in [0.05, 0.1) is 10.9 Å². The Labute approximate surface area is 230 Å². The number of ether oxygens (including phenoxy) is 2. The highest BCUT2D eigenvalue weighted by atomic mass is 16.7. The van der Waals surface area contributed by atoms with Crippen molar-refractivity contribution in [1.29, 1.82) is 0 Å². The number of hydrogen-bond acceptors (Lipinski definition) is 10. The van der Waals surface area contributed by atoms with E-state index in [1.165, 1.54) is 24.6 Å². The summed E-state index contributed by atoms with van der Waals surface area (Å²) in [6, 6.07) is 2.35. The van der Waals surface area contributed by atoms with Crippen molar-refractivity contribution in [2.45, 2.75) is 72.1 Å². The van der Waals surface area contributed by atoms with Crippen molar-refractivity contribution in [3.05, 3.63) is 55.7 Å². The van der Waals surface area contributed by atoms with E-state index in [4.69, 9.17) is 25.4 Å². The average molecular weight is 560 g/mol. The summed E-state index contributed by atoms with van der Waals surface area (Å²) in [5.74, 6) is -3.64. The van der Waals surface area contributed by atoms with Gasteiger partial charge < -0.3 is 35.0 Å². The predicted octanol–water partition coefficient (Wildman–Crippen LogP) is 2.82. The molecule has 12 nitrogen and oxygen atoms in total. The zero-order chi connectivity index (χ0) is 30.1. The highest BCUT2D eigenvalue weighted by molar-refractivity contribution is 6.01. The summed E-state index contributed by atoms with van der Waals surface area (Å²) in [6.07, 6.45) is 1.31. The third kappa shape index (κ3) is 7.13. The molecule has 40 heavy (non-hydrogen) atoms. The lowest BCUT2D eigenvalue weighted by Crippen LogP contribution is -2.36. The predicted molar refractivity (Wildman–Crippen MR) is 149 cm³/mol. The van der Waals surface area contributed by atoms with Gasteiger partial charge in [-0.15, -0.1) is 0 Å². The van der Waals surface area contributed by atoms with Crippen molar-refractivity contribution in [3.8, 4) is 0 Å². The second kappa shape index (κ2) is 14.4. The van der Waals surface area contributed by atoms with Gasteiger partial charge in [-0.1, -0.05) is 33.6 Å². The maximum Gasteiger partial charge on any atom is 0.371 e. The highest BCUT2D eigenvalue weighted by Crippen LogP contribution is 2.28. The number of benzene rings is 1. The molecule has 2 heterocycles. The molecule has 0 radical (unpaired) electrons. The molecule has 0 aliphatic heterocycles. The summed E-state index contributed by atoms with van der Waals surface area (Å²) in [5, 5.41) is 9.56. The van der Waals surface area contributed by atoms with Crippen LogP contribution in [0.15, 0.2) is 32.2 Å². The Morgan fingerprint density at radius 3 is 2.30 bits per heavy atom. The van der Waals surface area contributed by atoms with E-state index in [2.05, 4.69) is 0 Å². The van der Waals surface area contributed by atoms with Crippen LogP contribution >= 0.6 is 0 Å². The molecule has 0 fully saturated rings. The fourth-order valence-electron chi connectivity index (χ4n) is 4.23. The summed E-state index contributed by atoms with van der Waals surface area (Å²) in [6.45, 7) is 7.68. The van der Waals surface area contributed by atoms with Crippen LogP contribution in [0.1, 0.15) is 80.0 Å². The molecule has 0 saturated carbocycles. The van der Waals surface area contributed by atoms with Crippen molar-refractivity contribution in [2.24, 2.45) is 18.5 Å². The van der Waals surface area contributed by atoms with Gasteiger partial charge >= 0.3 is 17.9 Å². The molecule has 0 bridgehead atoms. The molecule has 3 aromatic rings. The molecule has 0 spiro atoms. The Bertz CT molecular complexity index is 1510. The number of aromatic nitrogens is 1. The number of fused-ring (bicyclic) bond motifs is 2. The molecule has 3 rings (SSSR count). The van der Waals surface area contributed by atoms with Gasteiger partial charge in [0.1, 0.15) is 17.3 Å².